The quantitative estimate of drug-likeness (QED) is 0.823. The maximum Gasteiger partial charge on any atom is 0.241 e. The van der Waals surface area contributed by atoms with Crippen LogP contribution in [0.15, 0.2) is 18.2 Å². The number of carbonyl (C=O) groups is 1. The molecule has 1 amide bonds. The van der Waals surface area contributed by atoms with Gasteiger partial charge in [-0.3, -0.25) is 4.79 Å². The van der Waals surface area contributed by atoms with Crippen molar-refractivity contribution in [2.24, 2.45) is 5.73 Å². The second-order valence-electron chi connectivity index (χ2n) is 2.87. The largest absolute Gasteiger partial charge is 0.322 e. The number of hydrogen-bond acceptors (Lipinski definition) is 2. The molecule has 0 aliphatic rings. The molecule has 0 saturated carbocycles. The summed E-state index contributed by atoms with van der Waals surface area (Å²) in [4.78, 5) is 11.3. The molecular weight excluding hydrogens is 223 g/mol. The summed E-state index contributed by atoms with van der Waals surface area (Å²) in [6, 6.07) is 4.39. The molecule has 3 N–H and O–H groups in total. The minimum absolute atomic E-state index is 0.319. The van der Waals surface area contributed by atoms with Crippen LogP contribution in [0, 0.1) is 0 Å². The number of para-hydroxylation sites is 1. The molecule has 0 bridgehead atoms. The predicted octanol–water partition coefficient (Wildman–Crippen LogP) is 2.28. The lowest BCUT2D eigenvalue weighted by Crippen LogP contribution is -2.32. The molecule has 1 aromatic rings. The number of nitrogens with one attached hydrogen (secondary N) is 1. The van der Waals surface area contributed by atoms with Crippen LogP contribution in [0.4, 0.5) is 5.69 Å². The van der Waals surface area contributed by atoms with E-state index < -0.39 is 6.04 Å². The number of anilines is 1. The van der Waals surface area contributed by atoms with Gasteiger partial charge in [-0.15, -0.1) is 0 Å². The van der Waals surface area contributed by atoms with Crippen LogP contribution in [0.1, 0.15) is 6.92 Å². The maximum absolute atomic E-state index is 11.3. The lowest BCUT2D eigenvalue weighted by Gasteiger charge is -2.10. The Labute approximate surface area is 92.2 Å². The summed E-state index contributed by atoms with van der Waals surface area (Å²) in [7, 11) is 0. The number of carbonyl (C=O) groups excluding carboxylic acids is 1. The monoisotopic (exact) mass is 232 g/mol. The molecule has 5 heteroatoms. The fourth-order valence-corrected chi connectivity index (χ4v) is 1.35. The molecule has 0 saturated heterocycles. The molecule has 1 unspecified atom stereocenters. The third-order valence-electron chi connectivity index (χ3n) is 1.62. The number of benzene rings is 1. The second-order valence-corrected chi connectivity index (χ2v) is 3.69. The molecule has 0 heterocycles. The minimum Gasteiger partial charge on any atom is -0.322 e. The van der Waals surface area contributed by atoms with Crippen molar-refractivity contribution < 1.29 is 4.79 Å². The van der Waals surface area contributed by atoms with E-state index in [1.165, 1.54) is 0 Å². The average molecular weight is 233 g/mol. The Hall–Kier alpha value is -0.770. The first-order valence-corrected chi connectivity index (χ1v) is 4.78. The minimum atomic E-state index is -0.595. The van der Waals surface area contributed by atoms with Crippen molar-refractivity contribution in [3.63, 3.8) is 0 Å². The van der Waals surface area contributed by atoms with Crippen LogP contribution in [-0.4, -0.2) is 11.9 Å². The Morgan fingerprint density at radius 3 is 2.36 bits per heavy atom. The van der Waals surface area contributed by atoms with Crippen molar-refractivity contribution in [1.29, 1.82) is 0 Å². The van der Waals surface area contributed by atoms with Crippen molar-refractivity contribution in [2.75, 3.05) is 5.32 Å². The van der Waals surface area contributed by atoms with Gasteiger partial charge in [0, 0.05) is 0 Å². The Kier molecular flexibility index (Phi) is 3.75. The first kappa shape index (κ1) is 11.3. The zero-order chi connectivity index (χ0) is 10.7. The van der Waals surface area contributed by atoms with E-state index in [0.717, 1.165) is 0 Å². The first-order chi connectivity index (χ1) is 6.52. The molecule has 1 atom stereocenters. The number of nitrogens with two attached hydrogens (primary N) is 1. The molecule has 3 nitrogen and oxygen atoms in total. The van der Waals surface area contributed by atoms with Gasteiger partial charge in [-0.1, -0.05) is 29.3 Å². The Morgan fingerprint density at radius 1 is 1.43 bits per heavy atom. The van der Waals surface area contributed by atoms with Crippen LogP contribution in [-0.2, 0) is 4.79 Å². The molecule has 1 aromatic carbocycles. The van der Waals surface area contributed by atoms with E-state index in [1.54, 1.807) is 25.1 Å². The van der Waals surface area contributed by atoms with Crippen LogP contribution in [0.5, 0.6) is 0 Å². The van der Waals surface area contributed by atoms with Gasteiger partial charge in [0.1, 0.15) is 0 Å². The second kappa shape index (κ2) is 4.64. The van der Waals surface area contributed by atoms with Crippen molar-refractivity contribution >= 4 is 34.8 Å². The van der Waals surface area contributed by atoms with Gasteiger partial charge in [0.15, 0.2) is 0 Å². The third kappa shape index (κ3) is 2.61. The van der Waals surface area contributed by atoms with Crippen LogP contribution in [0.3, 0.4) is 0 Å². The van der Waals surface area contributed by atoms with E-state index in [0.29, 0.717) is 15.7 Å². The molecule has 0 fully saturated rings. The Morgan fingerprint density at radius 2 is 1.93 bits per heavy atom. The Balaban J connectivity index is 2.91. The molecule has 0 spiro atoms. The summed E-state index contributed by atoms with van der Waals surface area (Å²) in [5.41, 5.74) is 5.79. The fourth-order valence-electron chi connectivity index (χ4n) is 0.854. The summed E-state index contributed by atoms with van der Waals surface area (Å²) in [5.74, 6) is -0.319. The maximum atomic E-state index is 11.3. The van der Waals surface area contributed by atoms with E-state index in [4.69, 9.17) is 28.9 Å². The highest BCUT2D eigenvalue weighted by Crippen LogP contribution is 2.29. The van der Waals surface area contributed by atoms with Gasteiger partial charge >= 0.3 is 0 Å². The molecule has 14 heavy (non-hydrogen) atoms. The van der Waals surface area contributed by atoms with Crippen molar-refractivity contribution in [3.05, 3.63) is 28.2 Å². The number of halogens is 2. The normalized spacial score (nSPS) is 12.3. The third-order valence-corrected chi connectivity index (χ3v) is 2.25. The van der Waals surface area contributed by atoms with Crippen molar-refractivity contribution in [1.82, 2.24) is 0 Å². The lowest BCUT2D eigenvalue weighted by molar-refractivity contribution is -0.117. The highest BCUT2D eigenvalue weighted by molar-refractivity contribution is 6.39. The van der Waals surface area contributed by atoms with Gasteiger partial charge < -0.3 is 11.1 Å². The van der Waals surface area contributed by atoms with Crippen LogP contribution < -0.4 is 11.1 Å². The number of rotatable bonds is 2. The van der Waals surface area contributed by atoms with Gasteiger partial charge in [-0.2, -0.15) is 0 Å². The van der Waals surface area contributed by atoms with E-state index >= 15 is 0 Å². The number of hydrogen-bond donors (Lipinski definition) is 2. The van der Waals surface area contributed by atoms with Gasteiger partial charge in [-0.25, -0.2) is 0 Å². The van der Waals surface area contributed by atoms with E-state index in [9.17, 15) is 4.79 Å². The molecule has 1 rings (SSSR count). The van der Waals surface area contributed by atoms with Gasteiger partial charge in [0.2, 0.25) is 5.91 Å². The van der Waals surface area contributed by atoms with E-state index in [-0.39, 0.29) is 5.91 Å². The smallest absolute Gasteiger partial charge is 0.241 e. The van der Waals surface area contributed by atoms with Crippen molar-refractivity contribution in [3.8, 4) is 0 Å². The van der Waals surface area contributed by atoms with Gasteiger partial charge in [0.05, 0.1) is 21.8 Å². The van der Waals surface area contributed by atoms with Crippen molar-refractivity contribution in [2.45, 2.75) is 13.0 Å². The highest BCUT2D eigenvalue weighted by Gasteiger charge is 2.11. The highest BCUT2D eigenvalue weighted by atomic mass is 35.5. The van der Waals surface area contributed by atoms with Crippen LogP contribution >= 0.6 is 23.2 Å². The lowest BCUT2D eigenvalue weighted by atomic mass is 10.3. The van der Waals surface area contributed by atoms with E-state index in [2.05, 4.69) is 5.32 Å². The summed E-state index contributed by atoms with van der Waals surface area (Å²) in [6.07, 6.45) is 0. The molecule has 0 aliphatic carbocycles. The topological polar surface area (TPSA) is 55.1 Å². The van der Waals surface area contributed by atoms with Gasteiger partial charge in [-0.05, 0) is 19.1 Å². The summed E-state index contributed by atoms with van der Waals surface area (Å²) in [5, 5.41) is 3.34. The average Bonchev–Trinajstić information content (AvgIpc) is 2.11. The zero-order valence-electron chi connectivity index (χ0n) is 7.55. The SMILES string of the molecule is CC(N)C(=O)Nc1c(Cl)cccc1Cl. The van der Waals surface area contributed by atoms with Crippen LogP contribution in [0.25, 0.3) is 0 Å². The fraction of sp³-hybridized carbons (Fsp3) is 0.222. The standard InChI is InChI=1S/C9H10Cl2N2O/c1-5(12)9(14)13-8-6(10)3-2-4-7(8)11/h2-5H,12H2,1H3,(H,13,14). The first-order valence-electron chi connectivity index (χ1n) is 4.03. The Bertz CT molecular complexity index is 332. The van der Waals surface area contributed by atoms with Gasteiger partial charge in [0.25, 0.3) is 0 Å². The molecule has 0 radical (unpaired) electrons. The zero-order valence-corrected chi connectivity index (χ0v) is 9.06. The molecule has 76 valence electrons. The number of amides is 1. The predicted molar refractivity (Wildman–Crippen MR) is 58.7 cm³/mol. The molecule has 0 aromatic heterocycles. The summed E-state index contributed by atoms with van der Waals surface area (Å²) in [6.45, 7) is 1.58. The summed E-state index contributed by atoms with van der Waals surface area (Å²) >= 11 is 11.7. The molecular formula is C9H10Cl2N2O. The van der Waals surface area contributed by atoms with E-state index in [1.807, 2.05) is 0 Å². The molecule has 0 aliphatic heterocycles. The van der Waals surface area contributed by atoms with Crippen LogP contribution in [0.2, 0.25) is 10.0 Å². The summed E-state index contributed by atoms with van der Waals surface area (Å²) < 4.78 is 0.